The third-order valence-corrected chi connectivity index (χ3v) is 14.1. The average Bonchev–Trinajstić information content (AvgIpc) is 3.99. The quantitative estimate of drug-likeness (QED) is 0.0874. The van der Waals surface area contributed by atoms with E-state index in [1.165, 1.54) is 17.9 Å². The largest absolute Gasteiger partial charge is 0.346 e. The molecule has 1 aliphatic heterocycles. The minimum Gasteiger partial charge on any atom is -0.346 e. The maximum atomic E-state index is 14.8. The van der Waals surface area contributed by atoms with E-state index in [1.807, 2.05) is 46.8 Å². The molecule has 5 rings (SSSR count). The van der Waals surface area contributed by atoms with Gasteiger partial charge in [0.2, 0.25) is 23.5 Å². The van der Waals surface area contributed by atoms with Gasteiger partial charge < -0.3 is 20.9 Å². The van der Waals surface area contributed by atoms with Crippen LogP contribution in [0.4, 0.5) is 5.69 Å². The zero-order chi connectivity index (χ0) is 41.4. The minimum absolute atomic E-state index is 0.0169. The summed E-state index contributed by atoms with van der Waals surface area (Å²) >= 11 is 0. The molecule has 0 radical (unpaired) electrons. The summed E-state index contributed by atoms with van der Waals surface area (Å²) in [5, 5.41) is 8.16. The number of benzene rings is 1. The number of amides is 4. The number of fused-ring (bicyclic) bond motifs is 1. The molecule has 0 bridgehead atoms. The van der Waals surface area contributed by atoms with Crippen molar-refractivity contribution in [2.45, 2.75) is 131 Å². The minimum atomic E-state index is -4.25. The fourth-order valence-corrected chi connectivity index (χ4v) is 9.85. The van der Waals surface area contributed by atoms with Crippen molar-refractivity contribution in [1.82, 2.24) is 25.6 Å². The third kappa shape index (κ3) is 9.44. The molecule has 0 aromatic heterocycles. The topological polar surface area (TPSA) is 183 Å². The van der Waals surface area contributed by atoms with Gasteiger partial charge in [-0.05, 0) is 78.7 Å². The summed E-state index contributed by atoms with van der Waals surface area (Å²) in [5.74, 6) is -3.08. The molecule has 0 spiro atoms. The number of Topliss-reactive ketones (excluding diaryl/α,β-unsaturated/α-hetero) is 1. The van der Waals surface area contributed by atoms with Crippen LogP contribution in [0.3, 0.4) is 0 Å². The van der Waals surface area contributed by atoms with E-state index in [1.54, 1.807) is 12.1 Å². The first kappa shape index (κ1) is 43.2. The van der Waals surface area contributed by atoms with Crippen LogP contribution in [0, 0.1) is 40.9 Å². The number of hydrogen-bond donors (Lipinski definition) is 4. The van der Waals surface area contributed by atoms with Gasteiger partial charge in [-0.2, -0.15) is 4.72 Å². The average molecular weight is 795 g/mol. The maximum absolute atomic E-state index is 14.8. The summed E-state index contributed by atoms with van der Waals surface area (Å²) in [4.78, 5) is 75.6. The predicted octanol–water partition coefficient (Wildman–Crippen LogP) is 4.47. The zero-order valence-electron chi connectivity index (χ0n) is 34.4. The smallest absolute Gasteiger partial charge is 0.289 e. The number of rotatable bonds is 15. The molecule has 4 fully saturated rings. The molecule has 4 aliphatic rings. The Kier molecular flexibility index (Phi) is 12.7. The Morgan fingerprint density at radius 1 is 1.02 bits per heavy atom. The van der Waals surface area contributed by atoms with E-state index in [9.17, 15) is 32.4 Å². The first-order chi connectivity index (χ1) is 26.1. The number of aryl methyl sites for hydroxylation is 1. The van der Waals surface area contributed by atoms with E-state index in [-0.39, 0.29) is 41.3 Å². The van der Waals surface area contributed by atoms with Gasteiger partial charge in [-0.15, -0.1) is 6.58 Å². The van der Waals surface area contributed by atoms with Crippen LogP contribution >= 0.6 is 0 Å². The van der Waals surface area contributed by atoms with Gasteiger partial charge >= 0.3 is 0 Å². The van der Waals surface area contributed by atoms with Crippen molar-refractivity contribution >= 4 is 50.2 Å². The lowest BCUT2D eigenvalue weighted by atomic mass is 9.70. The number of hydrogen-bond acceptors (Lipinski definition) is 8. The molecule has 56 heavy (non-hydrogen) atoms. The van der Waals surface area contributed by atoms with Crippen molar-refractivity contribution in [3.8, 4) is 0 Å². The van der Waals surface area contributed by atoms with Crippen molar-refractivity contribution in [3.63, 3.8) is 0 Å². The number of para-hydroxylation sites is 1. The van der Waals surface area contributed by atoms with Gasteiger partial charge in [0.1, 0.15) is 23.2 Å². The van der Waals surface area contributed by atoms with Crippen LogP contribution in [-0.4, -0.2) is 85.0 Å². The summed E-state index contributed by atoms with van der Waals surface area (Å²) in [6, 6.07) is 2.87. The molecular weight excluding hydrogens is 733 g/mol. The molecule has 1 aromatic carbocycles. The Hall–Kier alpha value is -3.91. The molecule has 3 saturated carbocycles. The van der Waals surface area contributed by atoms with Crippen LogP contribution in [-0.2, 0) is 34.0 Å². The van der Waals surface area contributed by atoms with Crippen molar-refractivity contribution in [2.75, 3.05) is 13.1 Å². The Morgan fingerprint density at radius 3 is 2.25 bits per heavy atom. The van der Waals surface area contributed by atoms with Crippen LogP contribution in [0.2, 0.25) is 0 Å². The highest BCUT2D eigenvalue weighted by molar-refractivity contribution is 8.04. The van der Waals surface area contributed by atoms with E-state index in [2.05, 4.69) is 46.1 Å². The van der Waals surface area contributed by atoms with Gasteiger partial charge in [0.25, 0.3) is 15.9 Å². The number of carbonyl (C=O) groups is 5. The van der Waals surface area contributed by atoms with Crippen LogP contribution in [0.15, 0.2) is 41.9 Å². The molecular formula is C42H62N6O7S. The summed E-state index contributed by atoms with van der Waals surface area (Å²) in [7, 11) is -4.25. The molecule has 4 amide bonds. The number of nitrogens with zero attached hydrogens (tertiary/aromatic N) is 2. The van der Waals surface area contributed by atoms with Gasteiger partial charge in [0.05, 0.1) is 11.7 Å². The first-order valence-corrected chi connectivity index (χ1v) is 21.6. The highest BCUT2D eigenvalue weighted by atomic mass is 32.2. The lowest BCUT2D eigenvalue weighted by molar-refractivity contribution is -0.147. The van der Waals surface area contributed by atoms with Crippen molar-refractivity contribution < 1.29 is 32.4 Å². The molecule has 1 unspecified atom stereocenters. The Morgan fingerprint density at radius 2 is 1.66 bits per heavy atom. The SMILES string of the molecule is C=CCNC(=O)C(=O)C(CC1CC1)NC(=O)[C@@H]1[C@@H]2[C@H](CN1C(=O)[C@@H](NC(=O)[C@@H](NS(=O)(=O)C(C)=Nc1ccccc1C)C1(C)CCCCC1)C(C)(C)C)C2(C)C. The van der Waals surface area contributed by atoms with Gasteiger partial charge in [-0.1, -0.05) is 97.9 Å². The van der Waals surface area contributed by atoms with Crippen LogP contribution < -0.4 is 20.7 Å². The molecule has 1 heterocycles. The molecule has 4 N–H and O–H groups in total. The molecule has 1 saturated heterocycles. The van der Waals surface area contributed by atoms with Gasteiger partial charge in [-0.25, -0.2) is 13.4 Å². The van der Waals surface area contributed by atoms with Crippen LogP contribution in [0.1, 0.15) is 105 Å². The van der Waals surface area contributed by atoms with E-state index in [0.29, 0.717) is 24.9 Å². The lowest BCUT2D eigenvalue weighted by Gasteiger charge is -2.42. The molecule has 3 aliphatic carbocycles. The fourth-order valence-electron chi connectivity index (χ4n) is 8.76. The second-order valence-electron chi connectivity index (χ2n) is 18.5. The molecule has 6 atom stereocenters. The summed E-state index contributed by atoms with van der Waals surface area (Å²) in [6.07, 6.45) is 7.43. The Balaban J connectivity index is 1.41. The first-order valence-electron chi connectivity index (χ1n) is 20.1. The Bertz CT molecular complexity index is 1860. The predicted molar refractivity (Wildman–Crippen MR) is 216 cm³/mol. The van der Waals surface area contributed by atoms with Gasteiger partial charge in [0, 0.05) is 13.1 Å². The molecule has 14 heteroatoms. The van der Waals surface area contributed by atoms with Crippen LogP contribution in [0.25, 0.3) is 0 Å². The maximum Gasteiger partial charge on any atom is 0.289 e. The van der Waals surface area contributed by atoms with Crippen molar-refractivity contribution in [3.05, 3.63) is 42.5 Å². The van der Waals surface area contributed by atoms with Crippen LogP contribution in [0.5, 0.6) is 0 Å². The number of carbonyl (C=O) groups excluding carboxylic acids is 5. The van der Waals surface area contributed by atoms with Crippen molar-refractivity contribution in [1.29, 1.82) is 0 Å². The lowest BCUT2D eigenvalue weighted by Crippen LogP contribution is -2.64. The highest BCUT2D eigenvalue weighted by Crippen LogP contribution is 2.65. The van der Waals surface area contributed by atoms with E-state index in [4.69, 9.17) is 0 Å². The monoisotopic (exact) mass is 794 g/mol. The van der Waals surface area contributed by atoms with E-state index in [0.717, 1.165) is 37.7 Å². The van der Waals surface area contributed by atoms with Crippen molar-refractivity contribution in [2.24, 2.45) is 39.0 Å². The summed E-state index contributed by atoms with van der Waals surface area (Å²) in [5.41, 5.74) is -0.526. The number of sulfonamides is 1. The highest BCUT2D eigenvalue weighted by Gasteiger charge is 2.70. The summed E-state index contributed by atoms with van der Waals surface area (Å²) in [6.45, 7) is 18.7. The number of ketones is 1. The second-order valence-corrected chi connectivity index (χ2v) is 20.3. The second kappa shape index (κ2) is 16.5. The zero-order valence-corrected chi connectivity index (χ0v) is 35.2. The molecule has 13 nitrogen and oxygen atoms in total. The standard InChI is InChI=1S/C42H62N6O7S/c1-10-22-43-37(51)33(49)30(23-27-18-19-27)45-36(50)32-31-28(41(31,7)8)24-48(32)39(53)35(40(4,5)6)46-38(52)34(42(9)20-14-11-15-21-42)47-56(54,55)26(3)44-29-17-13-12-16-25(29)2/h10,12-13,16-17,27-28,30-32,34-35,47H,1,11,14-15,18-24H2,2-9H3,(H,43,51)(H,45,50)(H,46,52)/t28-,30?,31-,32-,34+,35+/m0/s1. The number of likely N-dealkylation sites (tertiary alicyclic amines) is 1. The fraction of sp³-hybridized carbons (Fsp3) is 0.667. The molecule has 308 valence electrons. The summed E-state index contributed by atoms with van der Waals surface area (Å²) < 4.78 is 30.5. The number of aliphatic imine (C=N–C) groups is 1. The van der Waals surface area contributed by atoms with E-state index < -0.39 is 74.4 Å². The number of nitrogens with one attached hydrogen (secondary N) is 4. The Labute approximate surface area is 332 Å². The van der Waals surface area contributed by atoms with E-state index >= 15 is 0 Å². The number of piperidine rings is 1. The van der Waals surface area contributed by atoms with Gasteiger partial charge in [-0.3, -0.25) is 24.0 Å². The normalized spacial score (nSPS) is 24.5. The molecule has 1 aromatic rings. The van der Waals surface area contributed by atoms with Gasteiger partial charge in [0.15, 0.2) is 0 Å². The third-order valence-electron chi connectivity index (χ3n) is 12.7.